The molecule has 0 amide bonds. The molecule has 0 atom stereocenters. The molecule has 0 spiro atoms. The molecule has 0 saturated carbocycles. The second-order valence-corrected chi connectivity index (χ2v) is 5.08. The Balaban J connectivity index is 2.37. The molecule has 1 nitrogen and oxygen atoms in total. The van der Waals surface area contributed by atoms with Crippen LogP contribution in [0.3, 0.4) is 0 Å². The second kappa shape index (κ2) is 5.86. The largest absolute Gasteiger partial charge is 0.192 e. The van der Waals surface area contributed by atoms with E-state index in [9.17, 15) is 5.26 Å². The van der Waals surface area contributed by atoms with Gasteiger partial charge in [-0.15, -0.1) is 0 Å². The Morgan fingerprint density at radius 2 is 1.67 bits per heavy atom. The summed E-state index contributed by atoms with van der Waals surface area (Å²) < 4.78 is 1.02. The smallest absolute Gasteiger partial charge is 0.0998 e. The van der Waals surface area contributed by atoms with Gasteiger partial charge < -0.3 is 0 Å². The lowest BCUT2D eigenvalue weighted by Gasteiger charge is -2.00. The second-order valence-electron chi connectivity index (χ2n) is 3.73. The van der Waals surface area contributed by atoms with Crippen LogP contribution in [-0.2, 0) is 0 Å². The summed E-state index contributed by atoms with van der Waals surface area (Å²) in [7, 11) is 0. The highest BCUT2D eigenvalue weighted by molar-refractivity contribution is 9.10. The zero-order valence-corrected chi connectivity index (χ0v) is 11.7. The number of hydrogen-bond acceptors (Lipinski definition) is 1. The predicted molar refractivity (Wildman–Crippen MR) is 79.1 cm³/mol. The lowest BCUT2D eigenvalue weighted by atomic mass is 10.0. The van der Waals surface area contributed by atoms with E-state index in [1.54, 1.807) is 12.1 Å². The van der Waals surface area contributed by atoms with Crippen LogP contribution in [0.25, 0.3) is 11.6 Å². The van der Waals surface area contributed by atoms with Gasteiger partial charge in [0.05, 0.1) is 11.6 Å². The highest BCUT2D eigenvalue weighted by atomic mass is 79.9. The van der Waals surface area contributed by atoms with E-state index in [0.717, 1.165) is 15.6 Å². The summed E-state index contributed by atoms with van der Waals surface area (Å²) in [6.07, 6.45) is 1.86. The van der Waals surface area contributed by atoms with Gasteiger partial charge >= 0.3 is 0 Å². The van der Waals surface area contributed by atoms with Crippen LogP contribution in [-0.4, -0.2) is 0 Å². The van der Waals surface area contributed by atoms with E-state index in [2.05, 4.69) is 22.0 Å². The Bertz CT molecular complexity index is 606. The highest BCUT2D eigenvalue weighted by Gasteiger charge is 2.01. The highest BCUT2D eigenvalue weighted by Crippen LogP contribution is 2.20. The molecule has 0 aliphatic carbocycles. The third-order valence-electron chi connectivity index (χ3n) is 2.46. The molecule has 0 radical (unpaired) electrons. The van der Waals surface area contributed by atoms with E-state index in [4.69, 9.17) is 11.6 Å². The van der Waals surface area contributed by atoms with Crippen LogP contribution in [0.5, 0.6) is 0 Å². The summed E-state index contributed by atoms with van der Waals surface area (Å²) in [6.45, 7) is 0. The van der Waals surface area contributed by atoms with Gasteiger partial charge in [0.2, 0.25) is 0 Å². The van der Waals surface area contributed by atoms with Crippen molar-refractivity contribution in [3.8, 4) is 6.07 Å². The molecule has 0 bridgehead atoms. The van der Waals surface area contributed by atoms with Crippen molar-refractivity contribution in [3.63, 3.8) is 0 Å². The summed E-state index contributed by atoms with van der Waals surface area (Å²) in [5.41, 5.74) is 2.48. The average molecular weight is 319 g/mol. The van der Waals surface area contributed by atoms with Crippen molar-refractivity contribution < 1.29 is 0 Å². The maximum Gasteiger partial charge on any atom is 0.0998 e. The molecule has 0 heterocycles. The number of nitriles is 1. The van der Waals surface area contributed by atoms with Crippen LogP contribution in [0.15, 0.2) is 53.0 Å². The predicted octanol–water partition coefficient (Wildman–Crippen LogP) is 5.17. The normalized spacial score (nSPS) is 11.1. The molecule has 0 unspecified atom stereocenters. The Morgan fingerprint density at radius 1 is 1.06 bits per heavy atom. The van der Waals surface area contributed by atoms with Crippen LogP contribution < -0.4 is 0 Å². The SMILES string of the molecule is N#CC(=Cc1ccc(Br)cc1)c1ccc(Cl)cc1. The first-order chi connectivity index (χ1) is 8.69. The Labute approximate surface area is 119 Å². The minimum absolute atomic E-state index is 0.619. The van der Waals surface area contributed by atoms with Crippen molar-refractivity contribution in [1.82, 2.24) is 0 Å². The maximum absolute atomic E-state index is 9.20. The molecule has 3 heteroatoms. The van der Waals surface area contributed by atoms with Crippen LogP contribution in [0.1, 0.15) is 11.1 Å². The van der Waals surface area contributed by atoms with Gasteiger partial charge in [-0.1, -0.05) is 51.8 Å². The van der Waals surface area contributed by atoms with Crippen LogP contribution in [0.2, 0.25) is 5.02 Å². The average Bonchev–Trinajstić information content (AvgIpc) is 2.39. The molecule has 0 fully saturated rings. The fourth-order valence-corrected chi connectivity index (χ4v) is 1.93. The van der Waals surface area contributed by atoms with Gasteiger partial charge in [0, 0.05) is 9.50 Å². The number of benzene rings is 2. The van der Waals surface area contributed by atoms with E-state index >= 15 is 0 Å². The third kappa shape index (κ3) is 3.22. The number of nitrogens with zero attached hydrogens (tertiary/aromatic N) is 1. The van der Waals surface area contributed by atoms with Gasteiger partial charge in [-0.2, -0.15) is 5.26 Å². The van der Waals surface area contributed by atoms with Gasteiger partial charge in [-0.05, 0) is 41.5 Å². The van der Waals surface area contributed by atoms with Crippen molar-refractivity contribution in [2.24, 2.45) is 0 Å². The summed E-state index contributed by atoms with van der Waals surface area (Å²) in [6, 6.07) is 17.3. The third-order valence-corrected chi connectivity index (χ3v) is 3.24. The van der Waals surface area contributed by atoms with Crippen molar-refractivity contribution in [3.05, 3.63) is 69.2 Å². The summed E-state index contributed by atoms with van der Waals surface area (Å²) in [5, 5.41) is 9.87. The molecule has 2 aromatic rings. The van der Waals surface area contributed by atoms with E-state index < -0.39 is 0 Å². The summed E-state index contributed by atoms with van der Waals surface area (Å²) in [4.78, 5) is 0. The zero-order chi connectivity index (χ0) is 13.0. The van der Waals surface area contributed by atoms with Crippen LogP contribution in [0, 0.1) is 11.3 Å². The number of allylic oxidation sites excluding steroid dienone is 1. The summed E-state index contributed by atoms with van der Waals surface area (Å²) >= 11 is 9.21. The van der Waals surface area contributed by atoms with E-state index in [0.29, 0.717) is 10.6 Å². The van der Waals surface area contributed by atoms with Crippen molar-refractivity contribution in [2.75, 3.05) is 0 Å². The number of rotatable bonds is 2. The van der Waals surface area contributed by atoms with E-state index in [1.165, 1.54) is 0 Å². The van der Waals surface area contributed by atoms with Crippen molar-refractivity contribution in [2.45, 2.75) is 0 Å². The van der Waals surface area contributed by atoms with Gasteiger partial charge in [0.15, 0.2) is 0 Å². The van der Waals surface area contributed by atoms with E-state index in [1.807, 2.05) is 42.5 Å². The molecular formula is C15H9BrClN. The Hall–Kier alpha value is -1.56. The molecule has 88 valence electrons. The molecule has 0 aliphatic rings. The van der Waals surface area contributed by atoms with Gasteiger partial charge in [-0.25, -0.2) is 0 Å². The quantitative estimate of drug-likeness (QED) is 0.554. The molecule has 0 saturated heterocycles. The molecule has 0 N–H and O–H groups in total. The first-order valence-corrected chi connectivity index (χ1v) is 6.49. The van der Waals surface area contributed by atoms with Gasteiger partial charge in [0.1, 0.15) is 0 Å². The standard InChI is InChI=1S/C15H9BrClN/c16-14-5-1-11(2-6-14)9-13(10-18)12-3-7-15(17)8-4-12/h1-9H. The molecule has 0 aliphatic heterocycles. The van der Waals surface area contributed by atoms with E-state index in [-0.39, 0.29) is 0 Å². The van der Waals surface area contributed by atoms with Gasteiger partial charge in [-0.3, -0.25) is 0 Å². The molecule has 0 aromatic heterocycles. The Kier molecular flexibility index (Phi) is 4.19. The molecule has 2 aromatic carbocycles. The Morgan fingerprint density at radius 3 is 2.22 bits per heavy atom. The number of hydrogen-bond donors (Lipinski definition) is 0. The lowest BCUT2D eigenvalue weighted by Crippen LogP contribution is -1.81. The fourth-order valence-electron chi connectivity index (χ4n) is 1.54. The summed E-state index contributed by atoms with van der Waals surface area (Å²) in [5.74, 6) is 0. The van der Waals surface area contributed by atoms with Crippen molar-refractivity contribution in [1.29, 1.82) is 5.26 Å². The minimum Gasteiger partial charge on any atom is -0.192 e. The van der Waals surface area contributed by atoms with Gasteiger partial charge in [0.25, 0.3) is 0 Å². The monoisotopic (exact) mass is 317 g/mol. The number of halogens is 2. The lowest BCUT2D eigenvalue weighted by molar-refractivity contribution is 1.52. The molecular weight excluding hydrogens is 310 g/mol. The van der Waals surface area contributed by atoms with Crippen molar-refractivity contribution >= 4 is 39.2 Å². The first kappa shape index (κ1) is 12.9. The minimum atomic E-state index is 0.619. The topological polar surface area (TPSA) is 23.8 Å². The fraction of sp³-hybridized carbons (Fsp3) is 0. The first-order valence-electron chi connectivity index (χ1n) is 5.32. The zero-order valence-electron chi connectivity index (χ0n) is 9.40. The maximum atomic E-state index is 9.20. The molecule has 2 rings (SSSR count). The molecule has 18 heavy (non-hydrogen) atoms. The van der Waals surface area contributed by atoms with Crippen LogP contribution in [0.4, 0.5) is 0 Å². The van der Waals surface area contributed by atoms with Crippen LogP contribution >= 0.6 is 27.5 Å².